The van der Waals surface area contributed by atoms with Crippen LogP contribution in [0, 0.1) is 13.8 Å². The Morgan fingerprint density at radius 3 is 2.61 bits per heavy atom. The molecule has 0 bridgehead atoms. The first-order valence-electron chi connectivity index (χ1n) is 10.6. The van der Waals surface area contributed by atoms with Crippen LogP contribution in [-0.2, 0) is 11.4 Å². The smallest absolute Gasteiger partial charge is 0.277 e. The number of nitrogens with zero attached hydrogens (tertiary/aromatic N) is 2. The van der Waals surface area contributed by atoms with E-state index >= 15 is 0 Å². The molecule has 1 unspecified atom stereocenters. The molecule has 1 amide bonds. The van der Waals surface area contributed by atoms with Crippen molar-refractivity contribution in [1.82, 2.24) is 10.2 Å². The van der Waals surface area contributed by atoms with Gasteiger partial charge in [-0.15, -0.1) is 10.2 Å². The first kappa shape index (κ1) is 22.6. The summed E-state index contributed by atoms with van der Waals surface area (Å²) in [6.45, 7) is 5.98. The second-order valence-corrected chi connectivity index (χ2v) is 8.97. The van der Waals surface area contributed by atoms with E-state index in [9.17, 15) is 4.79 Å². The molecule has 0 aliphatic rings. The summed E-state index contributed by atoms with van der Waals surface area (Å²) in [6.07, 6.45) is 0. The summed E-state index contributed by atoms with van der Waals surface area (Å²) in [5, 5.41) is 11.0. The van der Waals surface area contributed by atoms with Crippen molar-refractivity contribution in [3.05, 3.63) is 89.8 Å². The van der Waals surface area contributed by atoms with E-state index in [2.05, 4.69) is 15.5 Å². The highest BCUT2D eigenvalue weighted by Gasteiger charge is 2.20. The zero-order valence-corrected chi connectivity index (χ0v) is 19.6. The highest BCUT2D eigenvalue weighted by Crippen LogP contribution is 2.29. The standard InChI is InChI=1S/C26H25N3O3S/c1-17-13-14-18(2)23(15-17)31-16-24-28-29-26(32-24)33-19(3)25(30)27-22-12-8-7-11-21(22)20-9-5-4-6-10-20/h4-15,19H,16H2,1-3H3,(H,27,30). The largest absolute Gasteiger partial charge is 0.484 e. The minimum absolute atomic E-state index is 0.144. The summed E-state index contributed by atoms with van der Waals surface area (Å²) in [5.41, 5.74) is 4.92. The molecular weight excluding hydrogens is 434 g/mol. The molecule has 1 aromatic heterocycles. The van der Waals surface area contributed by atoms with E-state index in [0.29, 0.717) is 11.1 Å². The number of aromatic nitrogens is 2. The van der Waals surface area contributed by atoms with Gasteiger partial charge in [-0.2, -0.15) is 0 Å². The molecule has 1 atom stereocenters. The molecule has 0 fully saturated rings. The Hall–Kier alpha value is -3.58. The number of para-hydroxylation sites is 1. The SMILES string of the molecule is Cc1ccc(C)c(OCc2nnc(SC(C)C(=O)Nc3ccccc3-c3ccccc3)o2)c1. The van der Waals surface area contributed by atoms with Crippen LogP contribution < -0.4 is 10.1 Å². The number of aryl methyl sites for hydroxylation is 2. The number of nitrogens with one attached hydrogen (secondary N) is 1. The lowest BCUT2D eigenvalue weighted by molar-refractivity contribution is -0.115. The van der Waals surface area contributed by atoms with E-state index in [1.54, 1.807) is 0 Å². The van der Waals surface area contributed by atoms with Crippen molar-refractivity contribution in [3.63, 3.8) is 0 Å². The van der Waals surface area contributed by atoms with Gasteiger partial charge in [-0.3, -0.25) is 4.79 Å². The molecule has 4 aromatic rings. The van der Waals surface area contributed by atoms with Crippen LogP contribution in [0.5, 0.6) is 5.75 Å². The first-order valence-corrected chi connectivity index (χ1v) is 11.5. The molecule has 7 heteroatoms. The number of anilines is 1. The van der Waals surface area contributed by atoms with Gasteiger partial charge in [0, 0.05) is 11.3 Å². The van der Waals surface area contributed by atoms with Crippen LogP contribution >= 0.6 is 11.8 Å². The quantitative estimate of drug-likeness (QED) is 0.323. The van der Waals surface area contributed by atoms with Crippen molar-refractivity contribution < 1.29 is 13.9 Å². The van der Waals surface area contributed by atoms with Crippen molar-refractivity contribution in [3.8, 4) is 16.9 Å². The van der Waals surface area contributed by atoms with E-state index < -0.39 is 5.25 Å². The Labute approximate surface area is 197 Å². The predicted octanol–water partition coefficient (Wildman–Crippen LogP) is 6.05. The Balaban J connectivity index is 1.37. The van der Waals surface area contributed by atoms with E-state index in [-0.39, 0.29) is 12.5 Å². The summed E-state index contributed by atoms with van der Waals surface area (Å²) >= 11 is 1.21. The highest BCUT2D eigenvalue weighted by molar-refractivity contribution is 8.00. The third kappa shape index (κ3) is 5.81. The fraction of sp³-hybridized carbons (Fsp3) is 0.192. The molecule has 1 heterocycles. The van der Waals surface area contributed by atoms with Crippen molar-refractivity contribution in [2.45, 2.75) is 37.9 Å². The summed E-state index contributed by atoms with van der Waals surface area (Å²) in [7, 11) is 0. The number of ether oxygens (including phenoxy) is 1. The molecule has 0 aliphatic carbocycles. The maximum Gasteiger partial charge on any atom is 0.277 e. The molecule has 4 rings (SSSR count). The van der Waals surface area contributed by atoms with Crippen molar-refractivity contribution in [2.75, 3.05) is 5.32 Å². The maximum atomic E-state index is 12.8. The van der Waals surface area contributed by atoms with Gasteiger partial charge in [-0.25, -0.2) is 0 Å². The monoisotopic (exact) mass is 459 g/mol. The number of thioether (sulfide) groups is 1. The molecule has 0 spiro atoms. The lowest BCUT2D eigenvalue weighted by Gasteiger charge is -2.14. The highest BCUT2D eigenvalue weighted by atomic mass is 32.2. The molecule has 0 aliphatic heterocycles. The summed E-state index contributed by atoms with van der Waals surface area (Å²) in [5.74, 6) is 1.00. The molecule has 0 radical (unpaired) electrons. The fourth-order valence-corrected chi connectivity index (χ4v) is 3.95. The van der Waals surface area contributed by atoms with Crippen LogP contribution in [0.15, 0.2) is 82.4 Å². The van der Waals surface area contributed by atoms with Crippen LogP contribution in [0.2, 0.25) is 0 Å². The van der Waals surface area contributed by atoms with Gasteiger partial charge in [-0.05, 0) is 49.6 Å². The van der Waals surface area contributed by atoms with Gasteiger partial charge in [0.05, 0.1) is 5.25 Å². The average molecular weight is 460 g/mol. The fourth-order valence-electron chi connectivity index (χ4n) is 3.25. The second-order valence-electron chi connectivity index (χ2n) is 7.68. The van der Waals surface area contributed by atoms with Crippen molar-refractivity contribution in [2.24, 2.45) is 0 Å². The predicted molar refractivity (Wildman–Crippen MR) is 130 cm³/mol. The molecule has 33 heavy (non-hydrogen) atoms. The van der Waals surface area contributed by atoms with Crippen molar-refractivity contribution >= 4 is 23.4 Å². The van der Waals surface area contributed by atoms with Gasteiger partial charge in [-0.1, -0.05) is 72.4 Å². The molecule has 0 saturated heterocycles. The van der Waals surface area contributed by atoms with Crippen molar-refractivity contribution in [1.29, 1.82) is 0 Å². The first-order chi connectivity index (χ1) is 16.0. The average Bonchev–Trinajstić information content (AvgIpc) is 3.27. The van der Waals surface area contributed by atoms with Crippen LogP contribution in [0.25, 0.3) is 11.1 Å². The molecule has 168 valence electrons. The zero-order chi connectivity index (χ0) is 23.2. The third-order valence-electron chi connectivity index (χ3n) is 5.06. The van der Waals surface area contributed by atoms with E-state index in [0.717, 1.165) is 33.7 Å². The van der Waals surface area contributed by atoms with Gasteiger partial charge in [0.25, 0.3) is 11.1 Å². The van der Waals surface area contributed by atoms with Gasteiger partial charge in [0.1, 0.15) is 5.75 Å². The minimum Gasteiger partial charge on any atom is -0.484 e. The second kappa shape index (κ2) is 10.4. The minimum atomic E-state index is -0.429. The number of carbonyl (C=O) groups is 1. The number of amides is 1. The molecule has 1 N–H and O–H groups in total. The molecule has 6 nitrogen and oxygen atoms in total. The Kier molecular flexibility index (Phi) is 7.10. The van der Waals surface area contributed by atoms with E-state index in [1.807, 2.05) is 93.6 Å². The maximum absolute atomic E-state index is 12.8. The van der Waals surface area contributed by atoms with Crippen LogP contribution in [0.3, 0.4) is 0 Å². The third-order valence-corrected chi connectivity index (χ3v) is 5.99. The summed E-state index contributed by atoms with van der Waals surface area (Å²) in [4.78, 5) is 12.8. The van der Waals surface area contributed by atoms with Crippen LogP contribution in [-0.4, -0.2) is 21.4 Å². The molecule has 3 aromatic carbocycles. The molecular formula is C26H25N3O3S. The van der Waals surface area contributed by atoms with E-state index in [4.69, 9.17) is 9.15 Å². The number of carbonyl (C=O) groups excluding carboxylic acids is 1. The summed E-state index contributed by atoms with van der Waals surface area (Å²) in [6, 6.07) is 23.7. The number of hydrogen-bond donors (Lipinski definition) is 1. The lowest BCUT2D eigenvalue weighted by atomic mass is 10.0. The Bertz CT molecular complexity index is 1240. The lowest BCUT2D eigenvalue weighted by Crippen LogP contribution is -2.22. The van der Waals surface area contributed by atoms with Gasteiger partial charge >= 0.3 is 0 Å². The normalized spacial score (nSPS) is 11.7. The van der Waals surface area contributed by atoms with Gasteiger partial charge in [0.15, 0.2) is 6.61 Å². The van der Waals surface area contributed by atoms with Gasteiger partial charge < -0.3 is 14.5 Å². The number of benzene rings is 3. The Morgan fingerprint density at radius 2 is 1.79 bits per heavy atom. The number of rotatable bonds is 8. The van der Waals surface area contributed by atoms with Gasteiger partial charge in [0.2, 0.25) is 5.91 Å². The topological polar surface area (TPSA) is 77.2 Å². The Morgan fingerprint density at radius 1 is 1.03 bits per heavy atom. The zero-order valence-electron chi connectivity index (χ0n) is 18.7. The van der Waals surface area contributed by atoms with Crippen LogP contribution in [0.4, 0.5) is 5.69 Å². The summed E-state index contributed by atoms with van der Waals surface area (Å²) < 4.78 is 11.5. The molecule has 0 saturated carbocycles. The van der Waals surface area contributed by atoms with E-state index in [1.165, 1.54) is 11.8 Å². The van der Waals surface area contributed by atoms with Crippen LogP contribution in [0.1, 0.15) is 23.9 Å². The number of hydrogen-bond acceptors (Lipinski definition) is 6.